The van der Waals surface area contributed by atoms with Gasteiger partial charge in [-0.3, -0.25) is 19.2 Å². The number of aliphatic carboxylic acids is 1. The van der Waals surface area contributed by atoms with E-state index in [0.29, 0.717) is 12.8 Å². The van der Waals surface area contributed by atoms with Crippen molar-refractivity contribution in [3.05, 3.63) is 29.8 Å². The lowest BCUT2D eigenvalue weighted by Crippen LogP contribution is -2.56. The van der Waals surface area contributed by atoms with E-state index in [1.54, 1.807) is 12.1 Å². The summed E-state index contributed by atoms with van der Waals surface area (Å²) in [7, 11) is 0. The third-order valence-corrected chi connectivity index (χ3v) is 5.32. The molecule has 12 nitrogen and oxygen atoms in total. The molecule has 0 spiro atoms. The minimum absolute atomic E-state index is 0.0875. The molecular formula is C21H29N5O7. The molecule has 1 fully saturated rings. The second kappa shape index (κ2) is 11.3. The van der Waals surface area contributed by atoms with Gasteiger partial charge in [-0.2, -0.15) is 0 Å². The zero-order valence-corrected chi connectivity index (χ0v) is 18.2. The number of aromatic hydroxyl groups is 1. The third-order valence-electron chi connectivity index (χ3n) is 5.32. The van der Waals surface area contributed by atoms with Gasteiger partial charge in [0, 0.05) is 6.54 Å². The molecule has 0 saturated carbocycles. The number of carboxylic acids is 1. The monoisotopic (exact) mass is 463 g/mol. The zero-order valence-electron chi connectivity index (χ0n) is 18.2. The summed E-state index contributed by atoms with van der Waals surface area (Å²) in [6.07, 6.45) is 0.436. The lowest BCUT2D eigenvalue weighted by atomic mass is 10.1. The highest BCUT2D eigenvalue weighted by molar-refractivity contribution is 5.95. The summed E-state index contributed by atoms with van der Waals surface area (Å²) in [6, 6.07) is 1.87. The maximum absolute atomic E-state index is 12.9. The first-order chi connectivity index (χ1) is 15.5. The number of nitrogens with zero attached hydrogens (tertiary/aromatic N) is 1. The van der Waals surface area contributed by atoms with Gasteiger partial charge in [0.05, 0.1) is 12.5 Å². The zero-order chi connectivity index (χ0) is 24.7. The standard InChI is InChI=1S/C21H29N5O7/c1-11(24-18(29)14(22)9-12-4-6-13(27)7-5-12)20(31)26-8-2-3-16(26)19(30)25-15(21(32)33)10-17(23)28/h4-7,11,14-16,27H,2-3,8-10,22H2,1H3,(H2,23,28)(H,24,29)(H,25,30)(H,32,33). The minimum Gasteiger partial charge on any atom is -0.508 e. The molecule has 33 heavy (non-hydrogen) atoms. The number of carboxylic acid groups (broad SMARTS) is 1. The fourth-order valence-corrected chi connectivity index (χ4v) is 3.58. The van der Waals surface area contributed by atoms with Gasteiger partial charge in [0.25, 0.3) is 0 Å². The summed E-state index contributed by atoms with van der Waals surface area (Å²) in [5, 5.41) is 23.3. The van der Waals surface area contributed by atoms with Crippen molar-refractivity contribution in [3.63, 3.8) is 0 Å². The molecule has 1 aromatic carbocycles. The van der Waals surface area contributed by atoms with E-state index in [-0.39, 0.29) is 18.7 Å². The third kappa shape index (κ3) is 7.17. The Morgan fingerprint density at radius 3 is 2.36 bits per heavy atom. The molecule has 0 aliphatic carbocycles. The number of amides is 4. The van der Waals surface area contributed by atoms with E-state index in [1.807, 2.05) is 0 Å². The molecule has 4 unspecified atom stereocenters. The number of phenols is 1. The summed E-state index contributed by atoms with van der Waals surface area (Å²) in [6.45, 7) is 1.72. The summed E-state index contributed by atoms with van der Waals surface area (Å²) in [5.41, 5.74) is 11.7. The Morgan fingerprint density at radius 1 is 1.15 bits per heavy atom. The molecule has 4 amide bonds. The van der Waals surface area contributed by atoms with Crippen LogP contribution in [0.2, 0.25) is 0 Å². The molecule has 1 heterocycles. The number of carbonyl (C=O) groups excluding carboxylic acids is 4. The van der Waals surface area contributed by atoms with Crippen LogP contribution in [0.25, 0.3) is 0 Å². The first-order valence-electron chi connectivity index (χ1n) is 10.5. The first kappa shape index (κ1) is 25.6. The lowest BCUT2D eigenvalue weighted by Gasteiger charge is -2.28. The van der Waals surface area contributed by atoms with Crippen molar-refractivity contribution in [1.29, 1.82) is 0 Å². The van der Waals surface area contributed by atoms with Crippen LogP contribution in [0.3, 0.4) is 0 Å². The van der Waals surface area contributed by atoms with Crippen LogP contribution >= 0.6 is 0 Å². The molecule has 0 radical (unpaired) electrons. The highest BCUT2D eigenvalue weighted by atomic mass is 16.4. The molecule has 180 valence electrons. The number of benzene rings is 1. The molecule has 1 aliphatic heterocycles. The molecule has 1 aromatic rings. The van der Waals surface area contributed by atoms with Gasteiger partial charge in [-0.25, -0.2) is 4.79 Å². The second-order valence-corrected chi connectivity index (χ2v) is 7.97. The molecule has 2 rings (SSSR count). The van der Waals surface area contributed by atoms with Gasteiger partial charge >= 0.3 is 5.97 Å². The lowest BCUT2D eigenvalue weighted by molar-refractivity contribution is -0.145. The molecule has 8 N–H and O–H groups in total. The number of phenolic OH excluding ortho intramolecular Hbond substituents is 1. The number of primary amides is 1. The van der Waals surface area contributed by atoms with Crippen LogP contribution in [-0.4, -0.2) is 75.4 Å². The van der Waals surface area contributed by atoms with Crippen LogP contribution in [0.4, 0.5) is 0 Å². The van der Waals surface area contributed by atoms with Gasteiger partial charge in [0.1, 0.15) is 23.9 Å². The van der Waals surface area contributed by atoms with E-state index in [4.69, 9.17) is 11.5 Å². The Bertz CT molecular complexity index is 905. The van der Waals surface area contributed by atoms with E-state index >= 15 is 0 Å². The molecule has 0 bridgehead atoms. The van der Waals surface area contributed by atoms with Crippen LogP contribution < -0.4 is 22.1 Å². The summed E-state index contributed by atoms with van der Waals surface area (Å²) < 4.78 is 0. The number of rotatable bonds is 10. The second-order valence-electron chi connectivity index (χ2n) is 7.97. The van der Waals surface area contributed by atoms with Crippen LogP contribution in [0.15, 0.2) is 24.3 Å². The normalized spacial score (nSPS) is 18.1. The number of nitrogens with one attached hydrogen (secondary N) is 2. The maximum Gasteiger partial charge on any atom is 0.326 e. The topological polar surface area (TPSA) is 205 Å². The number of hydrogen-bond acceptors (Lipinski definition) is 7. The van der Waals surface area contributed by atoms with Gasteiger partial charge in [-0.1, -0.05) is 12.1 Å². The molecular weight excluding hydrogens is 434 g/mol. The quantitative estimate of drug-likeness (QED) is 0.233. The fraction of sp³-hybridized carbons (Fsp3) is 0.476. The predicted octanol–water partition coefficient (Wildman–Crippen LogP) is -1.80. The molecule has 1 saturated heterocycles. The largest absolute Gasteiger partial charge is 0.508 e. The Hall–Kier alpha value is -3.67. The van der Waals surface area contributed by atoms with Gasteiger partial charge < -0.3 is 37.2 Å². The average molecular weight is 463 g/mol. The van der Waals surface area contributed by atoms with E-state index in [1.165, 1.54) is 24.0 Å². The van der Waals surface area contributed by atoms with E-state index in [0.717, 1.165) is 5.56 Å². The van der Waals surface area contributed by atoms with Crippen molar-refractivity contribution >= 4 is 29.6 Å². The average Bonchev–Trinajstić information content (AvgIpc) is 3.23. The van der Waals surface area contributed by atoms with Crippen LogP contribution in [0, 0.1) is 0 Å². The number of nitrogens with two attached hydrogens (primary N) is 2. The SMILES string of the molecule is CC(NC(=O)C(N)Cc1ccc(O)cc1)C(=O)N1CCCC1C(=O)NC(CC(N)=O)C(=O)O. The Balaban J connectivity index is 1.96. The van der Waals surface area contributed by atoms with E-state index in [2.05, 4.69) is 10.6 Å². The van der Waals surface area contributed by atoms with Crippen molar-refractivity contribution < 1.29 is 34.2 Å². The summed E-state index contributed by atoms with van der Waals surface area (Å²) >= 11 is 0. The number of carbonyl (C=O) groups is 5. The smallest absolute Gasteiger partial charge is 0.326 e. The molecule has 1 aliphatic rings. The molecule has 0 aromatic heterocycles. The van der Waals surface area contributed by atoms with Crippen molar-refractivity contribution in [2.45, 2.75) is 56.8 Å². The summed E-state index contributed by atoms with van der Waals surface area (Å²) in [4.78, 5) is 61.5. The van der Waals surface area contributed by atoms with Gasteiger partial charge in [0.2, 0.25) is 23.6 Å². The Labute approximate surface area is 190 Å². The number of hydrogen-bond donors (Lipinski definition) is 6. The highest BCUT2D eigenvalue weighted by Crippen LogP contribution is 2.19. The first-order valence-corrected chi connectivity index (χ1v) is 10.5. The fourth-order valence-electron chi connectivity index (χ4n) is 3.58. The predicted molar refractivity (Wildman–Crippen MR) is 116 cm³/mol. The Kier molecular flexibility index (Phi) is 8.74. The maximum atomic E-state index is 12.9. The van der Waals surface area contributed by atoms with Crippen LogP contribution in [-0.2, 0) is 30.4 Å². The van der Waals surface area contributed by atoms with Gasteiger partial charge in [-0.05, 0) is 43.9 Å². The van der Waals surface area contributed by atoms with E-state index in [9.17, 15) is 34.2 Å². The minimum atomic E-state index is -1.50. The molecule has 12 heteroatoms. The molecule has 4 atom stereocenters. The van der Waals surface area contributed by atoms with Crippen molar-refractivity contribution in [2.24, 2.45) is 11.5 Å². The van der Waals surface area contributed by atoms with Crippen molar-refractivity contribution in [3.8, 4) is 5.75 Å². The van der Waals surface area contributed by atoms with Gasteiger partial charge in [-0.15, -0.1) is 0 Å². The Morgan fingerprint density at radius 2 is 1.79 bits per heavy atom. The van der Waals surface area contributed by atoms with Crippen molar-refractivity contribution in [1.82, 2.24) is 15.5 Å². The van der Waals surface area contributed by atoms with E-state index < -0.39 is 60.2 Å². The highest BCUT2D eigenvalue weighted by Gasteiger charge is 2.38. The number of likely N-dealkylation sites (tertiary alicyclic amines) is 1. The van der Waals surface area contributed by atoms with Gasteiger partial charge in [0.15, 0.2) is 0 Å². The summed E-state index contributed by atoms with van der Waals surface area (Å²) in [5.74, 6) is -4.00. The van der Waals surface area contributed by atoms with Crippen LogP contribution in [0.5, 0.6) is 5.75 Å². The van der Waals surface area contributed by atoms with Crippen LogP contribution in [0.1, 0.15) is 31.7 Å². The van der Waals surface area contributed by atoms with Crippen molar-refractivity contribution in [2.75, 3.05) is 6.54 Å².